The molecule has 0 radical (unpaired) electrons. The second-order valence-electron chi connectivity index (χ2n) is 5.46. The Bertz CT molecular complexity index is 363. The zero-order valence-electron chi connectivity index (χ0n) is 11.6. The van der Waals surface area contributed by atoms with Crippen LogP contribution in [0.15, 0.2) is 12.4 Å². The lowest BCUT2D eigenvalue weighted by molar-refractivity contribution is 0.0959. The molecular formula is C13H24N2O2Si. The monoisotopic (exact) mass is 268 g/mol. The summed E-state index contributed by atoms with van der Waals surface area (Å²) >= 11 is 0. The smallest absolute Gasteiger partial charge is 0.198 e. The summed E-state index contributed by atoms with van der Waals surface area (Å²) in [5, 5.41) is 9.21. The molecule has 0 aromatic carbocycles. The van der Waals surface area contributed by atoms with Gasteiger partial charge in [0, 0.05) is 24.5 Å². The molecule has 0 spiro atoms. The fraction of sp³-hybridized carbons (Fsp3) is 0.692. The predicted molar refractivity (Wildman–Crippen MR) is 75.6 cm³/mol. The summed E-state index contributed by atoms with van der Waals surface area (Å²) in [6.07, 6.45) is 6.14. The summed E-state index contributed by atoms with van der Waals surface area (Å²) < 4.78 is 0. The van der Waals surface area contributed by atoms with Crippen LogP contribution < -0.4 is 0 Å². The number of Topliss-reactive ketones (excluding diaryl/α,β-unsaturated/α-hetero) is 1. The molecule has 0 saturated heterocycles. The van der Waals surface area contributed by atoms with E-state index in [9.17, 15) is 9.90 Å². The maximum atomic E-state index is 12.4. The van der Waals surface area contributed by atoms with E-state index < -0.39 is 8.07 Å². The Morgan fingerprint density at radius 1 is 1.56 bits per heavy atom. The minimum Gasteiger partial charge on any atom is -0.396 e. The van der Waals surface area contributed by atoms with E-state index >= 15 is 0 Å². The number of imidazole rings is 1. The first-order valence-corrected chi connectivity index (χ1v) is 9.95. The number of nitrogens with zero attached hydrogens (tertiary/aromatic N) is 1. The molecular weight excluding hydrogens is 244 g/mol. The van der Waals surface area contributed by atoms with Gasteiger partial charge in [-0.3, -0.25) is 4.79 Å². The van der Waals surface area contributed by atoms with E-state index in [1.807, 2.05) is 0 Å². The second-order valence-corrected chi connectivity index (χ2v) is 10.6. The Kier molecular flexibility index (Phi) is 5.75. The number of hydrogen-bond acceptors (Lipinski definition) is 3. The molecule has 2 N–H and O–H groups in total. The highest BCUT2D eigenvalue weighted by atomic mass is 28.3. The van der Waals surface area contributed by atoms with Crippen molar-refractivity contribution in [2.75, 3.05) is 6.61 Å². The van der Waals surface area contributed by atoms with Crippen molar-refractivity contribution in [1.82, 2.24) is 9.97 Å². The Hall–Kier alpha value is -0.943. The van der Waals surface area contributed by atoms with Crippen molar-refractivity contribution < 1.29 is 9.90 Å². The Balaban J connectivity index is 2.84. The molecule has 0 aliphatic heterocycles. The maximum Gasteiger partial charge on any atom is 0.198 e. The number of aliphatic hydroxyl groups is 1. The molecule has 0 fully saturated rings. The minimum absolute atomic E-state index is 0.0415. The van der Waals surface area contributed by atoms with Crippen molar-refractivity contribution in [2.24, 2.45) is 0 Å². The number of aromatic amines is 1. The number of aromatic nitrogens is 2. The van der Waals surface area contributed by atoms with E-state index in [0.29, 0.717) is 12.2 Å². The quantitative estimate of drug-likeness (QED) is 0.563. The summed E-state index contributed by atoms with van der Waals surface area (Å²) in [6.45, 7) is 6.72. The van der Waals surface area contributed by atoms with Crippen molar-refractivity contribution in [3.05, 3.63) is 18.2 Å². The van der Waals surface area contributed by atoms with Gasteiger partial charge in [-0.2, -0.15) is 0 Å². The molecule has 1 heterocycles. The molecule has 1 rings (SSSR count). The van der Waals surface area contributed by atoms with Crippen LogP contribution in [-0.4, -0.2) is 35.5 Å². The number of ketones is 1. The van der Waals surface area contributed by atoms with Gasteiger partial charge in [0.1, 0.15) is 0 Å². The van der Waals surface area contributed by atoms with Gasteiger partial charge in [-0.15, -0.1) is 0 Å². The van der Waals surface area contributed by atoms with Gasteiger partial charge in [-0.25, -0.2) is 4.98 Å². The Labute approximate surface area is 110 Å². The van der Waals surface area contributed by atoms with Crippen LogP contribution in [0, 0.1) is 0 Å². The molecule has 0 bridgehead atoms. The van der Waals surface area contributed by atoms with E-state index in [1.54, 1.807) is 12.4 Å². The Morgan fingerprint density at radius 3 is 2.78 bits per heavy atom. The highest BCUT2D eigenvalue weighted by Crippen LogP contribution is 2.33. The number of aliphatic hydroxyl groups excluding tert-OH is 1. The first-order chi connectivity index (χ1) is 8.53. The summed E-state index contributed by atoms with van der Waals surface area (Å²) in [6, 6.07) is 1.13. The number of unbranched alkanes of at least 4 members (excludes halogenated alkanes) is 1. The van der Waals surface area contributed by atoms with Crippen molar-refractivity contribution >= 4 is 13.9 Å². The normalized spacial score (nSPS) is 13.6. The fourth-order valence-corrected chi connectivity index (χ4v) is 5.75. The third kappa shape index (κ3) is 3.78. The second kappa shape index (κ2) is 6.85. The van der Waals surface area contributed by atoms with Crippen molar-refractivity contribution in [3.63, 3.8) is 0 Å². The standard InChI is InChI=1S/C13H24N2O2Si/c1-4-5-10-18(2,3)11(6-9-16)12(17)13-14-7-8-15-13/h7-8,11,16H,4-6,9-10H2,1-3H3,(H,14,15). The number of nitrogens with one attached hydrogen (secondary N) is 1. The molecule has 18 heavy (non-hydrogen) atoms. The highest BCUT2D eigenvalue weighted by Gasteiger charge is 2.37. The molecule has 4 nitrogen and oxygen atoms in total. The van der Waals surface area contributed by atoms with Crippen LogP contribution in [0.5, 0.6) is 0 Å². The number of H-pyrrole nitrogens is 1. The third-order valence-electron chi connectivity index (χ3n) is 3.58. The van der Waals surface area contributed by atoms with E-state index in [4.69, 9.17) is 0 Å². The van der Waals surface area contributed by atoms with E-state index in [0.717, 1.165) is 18.9 Å². The van der Waals surface area contributed by atoms with Gasteiger partial charge >= 0.3 is 0 Å². The first kappa shape index (κ1) is 15.1. The molecule has 1 aromatic rings. The number of carbonyl (C=O) groups is 1. The van der Waals surface area contributed by atoms with Gasteiger partial charge in [-0.1, -0.05) is 38.9 Å². The number of hydrogen-bond donors (Lipinski definition) is 2. The zero-order chi connectivity index (χ0) is 13.6. The topological polar surface area (TPSA) is 66.0 Å². The molecule has 1 atom stereocenters. The van der Waals surface area contributed by atoms with E-state index in [-0.39, 0.29) is 17.9 Å². The summed E-state index contributed by atoms with van der Waals surface area (Å²) in [5.41, 5.74) is -0.0415. The molecule has 0 aliphatic rings. The van der Waals surface area contributed by atoms with Crippen LogP contribution in [0.4, 0.5) is 0 Å². The van der Waals surface area contributed by atoms with Crippen LogP contribution in [0.25, 0.3) is 0 Å². The zero-order valence-corrected chi connectivity index (χ0v) is 12.6. The first-order valence-electron chi connectivity index (χ1n) is 6.67. The molecule has 1 unspecified atom stereocenters. The Morgan fingerprint density at radius 2 is 2.28 bits per heavy atom. The van der Waals surface area contributed by atoms with E-state index in [2.05, 4.69) is 30.0 Å². The largest absolute Gasteiger partial charge is 0.396 e. The lowest BCUT2D eigenvalue weighted by Crippen LogP contribution is -2.38. The van der Waals surface area contributed by atoms with Gasteiger partial charge in [0.2, 0.25) is 0 Å². The van der Waals surface area contributed by atoms with Crippen LogP contribution in [-0.2, 0) is 0 Å². The van der Waals surface area contributed by atoms with Gasteiger partial charge in [0.25, 0.3) is 0 Å². The van der Waals surface area contributed by atoms with Crippen molar-refractivity contribution in [1.29, 1.82) is 0 Å². The summed E-state index contributed by atoms with van der Waals surface area (Å²) in [4.78, 5) is 19.4. The van der Waals surface area contributed by atoms with Crippen molar-refractivity contribution in [3.8, 4) is 0 Å². The maximum absolute atomic E-state index is 12.4. The van der Waals surface area contributed by atoms with Crippen LogP contribution >= 0.6 is 0 Å². The van der Waals surface area contributed by atoms with Gasteiger partial charge in [0.15, 0.2) is 11.6 Å². The minimum atomic E-state index is -1.66. The lowest BCUT2D eigenvalue weighted by atomic mass is 10.2. The lowest BCUT2D eigenvalue weighted by Gasteiger charge is -2.30. The average Bonchev–Trinajstić information content (AvgIpc) is 2.86. The van der Waals surface area contributed by atoms with Gasteiger partial charge in [0.05, 0.1) is 8.07 Å². The molecule has 0 saturated carbocycles. The average molecular weight is 268 g/mol. The number of rotatable bonds is 8. The third-order valence-corrected chi connectivity index (χ3v) is 7.66. The van der Waals surface area contributed by atoms with Gasteiger partial charge in [-0.05, 0) is 6.42 Å². The van der Waals surface area contributed by atoms with Crippen LogP contribution in [0.3, 0.4) is 0 Å². The predicted octanol–water partition coefficient (Wildman–Crippen LogP) is 2.85. The molecule has 0 aliphatic carbocycles. The van der Waals surface area contributed by atoms with E-state index in [1.165, 1.54) is 0 Å². The molecule has 5 heteroatoms. The van der Waals surface area contributed by atoms with Crippen LogP contribution in [0.2, 0.25) is 24.7 Å². The van der Waals surface area contributed by atoms with Gasteiger partial charge < -0.3 is 10.1 Å². The summed E-state index contributed by atoms with van der Waals surface area (Å²) in [5.74, 6) is 0.507. The highest BCUT2D eigenvalue weighted by molar-refractivity contribution is 6.82. The number of carbonyl (C=O) groups excluding carboxylic acids is 1. The SMILES string of the molecule is CCCC[Si](C)(C)C(CCO)C(=O)c1ncc[nH]1. The molecule has 0 amide bonds. The molecule has 1 aromatic heterocycles. The van der Waals surface area contributed by atoms with Crippen LogP contribution in [0.1, 0.15) is 36.8 Å². The fourth-order valence-electron chi connectivity index (χ4n) is 2.38. The molecule has 102 valence electrons. The van der Waals surface area contributed by atoms with Crippen molar-refractivity contribution in [2.45, 2.75) is 50.9 Å². The summed E-state index contributed by atoms with van der Waals surface area (Å²) in [7, 11) is -1.66.